The molecule has 4 N–H and O–H groups in total. The van der Waals surface area contributed by atoms with E-state index in [1.54, 1.807) is 0 Å². The Balaban J connectivity index is 3.12. The third-order valence-electron chi connectivity index (χ3n) is 1.91. The molecule has 6 nitrogen and oxygen atoms in total. The molecule has 0 saturated carbocycles. The average Bonchev–Trinajstić information content (AvgIpc) is 2.28. The second-order valence-corrected chi connectivity index (χ2v) is 3.53. The SMILES string of the molecule is O=C(O)c1cc(NC(O)CCl)cc(C(=O)O)c1. The summed E-state index contributed by atoms with van der Waals surface area (Å²) in [6, 6.07) is 3.46. The fraction of sp³-hybridized carbons (Fsp3) is 0.200. The second-order valence-electron chi connectivity index (χ2n) is 3.22. The normalized spacial score (nSPS) is 11.9. The zero-order valence-corrected chi connectivity index (χ0v) is 9.31. The molecule has 0 fully saturated rings. The minimum absolute atomic E-state index is 0.111. The molecule has 0 aromatic heterocycles. The van der Waals surface area contributed by atoms with Crippen molar-refractivity contribution in [2.45, 2.75) is 6.23 Å². The maximum Gasteiger partial charge on any atom is 0.335 e. The van der Waals surface area contributed by atoms with Crippen LogP contribution >= 0.6 is 11.6 Å². The third kappa shape index (κ3) is 3.61. The first kappa shape index (κ1) is 13.3. The number of carbonyl (C=O) groups is 2. The Morgan fingerprint density at radius 2 is 1.65 bits per heavy atom. The molecule has 1 unspecified atom stereocenters. The van der Waals surface area contributed by atoms with Gasteiger partial charge in [0.05, 0.1) is 17.0 Å². The molecular weight excluding hydrogens is 250 g/mol. The van der Waals surface area contributed by atoms with Gasteiger partial charge in [-0.15, -0.1) is 11.6 Å². The lowest BCUT2D eigenvalue weighted by Gasteiger charge is -2.12. The highest BCUT2D eigenvalue weighted by Crippen LogP contribution is 2.16. The quantitative estimate of drug-likeness (QED) is 0.465. The Kier molecular flexibility index (Phi) is 4.30. The van der Waals surface area contributed by atoms with E-state index >= 15 is 0 Å². The van der Waals surface area contributed by atoms with Crippen LogP contribution in [0.25, 0.3) is 0 Å². The number of carboxylic acid groups (broad SMARTS) is 2. The number of nitrogens with one attached hydrogen (secondary N) is 1. The van der Waals surface area contributed by atoms with E-state index in [2.05, 4.69) is 5.32 Å². The molecular formula is C10H10ClNO5. The van der Waals surface area contributed by atoms with E-state index in [4.69, 9.17) is 21.8 Å². The van der Waals surface area contributed by atoms with E-state index in [0.29, 0.717) is 0 Å². The van der Waals surface area contributed by atoms with Crippen molar-refractivity contribution in [1.29, 1.82) is 0 Å². The summed E-state index contributed by atoms with van der Waals surface area (Å²) < 4.78 is 0. The lowest BCUT2D eigenvalue weighted by Crippen LogP contribution is -2.20. The zero-order valence-electron chi connectivity index (χ0n) is 8.55. The van der Waals surface area contributed by atoms with E-state index in [0.717, 1.165) is 6.07 Å². The van der Waals surface area contributed by atoms with Gasteiger partial charge in [0.25, 0.3) is 0 Å². The second kappa shape index (κ2) is 5.51. The summed E-state index contributed by atoms with van der Waals surface area (Å²) in [5.74, 6) is -2.62. The highest BCUT2D eigenvalue weighted by molar-refractivity contribution is 6.18. The molecule has 7 heteroatoms. The number of halogens is 1. The fourth-order valence-corrected chi connectivity index (χ4v) is 1.27. The highest BCUT2D eigenvalue weighted by atomic mass is 35.5. The Hall–Kier alpha value is -1.79. The molecule has 92 valence electrons. The summed E-state index contributed by atoms with van der Waals surface area (Å²) in [5, 5.41) is 29.3. The predicted molar refractivity (Wildman–Crippen MR) is 60.7 cm³/mol. The topological polar surface area (TPSA) is 107 Å². The Morgan fingerprint density at radius 1 is 1.18 bits per heavy atom. The molecule has 0 bridgehead atoms. The fourth-order valence-electron chi connectivity index (χ4n) is 1.19. The molecule has 1 atom stereocenters. The van der Waals surface area contributed by atoms with Gasteiger partial charge in [0.1, 0.15) is 6.23 Å². The van der Waals surface area contributed by atoms with Gasteiger partial charge >= 0.3 is 11.9 Å². The molecule has 1 aromatic carbocycles. The van der Waals surface area contributed by atoms with Crippen LogP contribution in [0.2, 0.25) is 0 Å². The number of carboxylic acids is 2. The summed E-state index contributed by atoms with van der Waals surface area (Å²) in [6.07, 6.45) is -1.08. The summed E-state index contributed by atoms with van der Waals surface area (Å²) >= 11 is 5.36. The van der Waals surface area contributed by atoms with Gasteiger partial charge in [-0.3, -0.25) is 0 Å². The molecule has 0 radical (unpaired) electrons. The zero-order chi connectivity index (χ0) is 13.0. The number of hydrogen-bond donors (Lipinski definition) is 4. The summed E-state index contributed by atoms with van der Waals surface area (Å²) in [5.41, 5.74) is -0.196. The molecule has 0 aliphatic heterocycles. The van der Waals surface area contributed by atoms with Gasteiger partial charge in [-0.05, 0) is 18.2 Å². The van der Waals surface area contributed by atoms with Gasteiger partial charge in [0.15, 0.2) is 0 Å². The first-order chi connectivity index (χ1) is 7.93. The van der Waals surface area contributed by atoms with Crippen molar-refractivity contribution < 1.29 is 24.9 Å². The van der Waals surface area contributed by atoms with Crippen LogP contribution in [0.3, 0.4) is 0 Å². The number of aliphatic hydroxyl groups is 1. The molecule has 0 amide bonds. The maximum atomic E-state index is 10.8. The van der Waals surface area contributed by atoms with E-state index in [1.165, 1.54) is 12.1 Å². The van der Waals surface area contributed by atoms with E-state index in [-0.39, 0.29) is 22.7 Å². The number of hydrogen-bond acceptors (Lipinski definition) is 4. The third-order valence-corrected chi connectivity index (χ3v) is 2.20. The number of alkyl halides is 1. The predicted octanol–water partition coefficient (Wildman–Crippen LogP) is 1.05. The molecule has 0 saturated heterocycles. The lowest BCUT2D eigenvalue weighted by atomic mass is 10.1. The van der Waals surface area contributed by atoms with E-state index < -0.39 is 18.2 Å². The van der Waals surface area contributed by atoms with Crippen molar-refractivity contribution >= 4 is 29.2 Å². The molecule has 0 aliphatic rings. The number of rotatable bonds is 5. The first-order valence-electron chi connectivity index (χ1n) is 4.56. The van der Waals surface area contributed by atoms with Crippen molar-refractivity contribution in [1.82, 2.24) is 0 Å². The van der Waals surface area contributed by atoms with Crippen LogP contribution in [0.15, 0.2) is 18.2 Å². The molecule has 0 spiro atoms. The molecule has 0 aliphatic carbocycles. The number of aliphatic hydroxyl groups excluding tert-OH is 1. The minimum atomic E-state index is -1.25. The van der Waals surface area contributed by atoms with Gasteiger partial charge in [-0.2, -0.15) is 0 Å². The van der Waals surface area contributed by atoms with Crippen molar-refractivity contribution in [3.05, 3.63) is 29.3 Å². The highest BCUT2D eigenvalue weighted by Gasteiger charge is 2.12. The minimum Gasteiger partial charge on any atom is -0.478 e. The van der Waals surface area contributed by atoms with Gasteiger partial charge in [-0.1, -0.05) is 0 Å². The van der Waals surface area contributed by atoms with Crippen molar-refractivity contribution in [3.63, 3.8) is 0 Å². The molecule has 0 heterocycles. The lowest BCUT2D eigenvalue weighted by molar-refractivity contribution is 0.0696. The van der Waals surface area contributed by atoms with Gasteiger partial charge in [0, 0.05) is 5.69 Å². The Bertz CT molecular complexity index is 416. The largest absolute Gasteiger partial charge is 0.478 e. The van der Waals surface area contributed by atoms with Crippen LogP contribution in [0, 0.1) is 0 Å². The van der Waals surface area contributed by atoms with Gasteiger partial charge < -0.3 is 20.6 Å². The number of benzene rings is 1. The standard InChI is InChI=1S/C10H10ClNO5/c11-4-8(13)12-7-2-5(9(14)15)1-6(3-7)10(16)17/h1-3,8,12-13H,4H2,(H,14,15)(H,16,17). The smallest absolute Gasteiger partial charge is 0.335 e. The molecule has 17 heavy (non-hydrogen) atoms. The van der Waals surface area contributed by atoms with Crippen LogP contribution < -0.4 is 5.32 Å². The summed E-state index contributed by atoms with van der Waals surface area (Å²) in [6.45, 7) is 0. The van der Waals surface area contributed by atoms with Crippen LogP contribution in [0.4, 0.5) is 5.69 Å². The summed E-state index contributed by atoms with van der Waals surface area (Å²) in [7, 11) is 0. The van der Waals surface area contributed by atoms with Crippen molar-refractivity contribution in [2.75, 3.05) is 11.2 Å². The number of anilines is 1. The first-order valence-corrected chi connectivity index (χ1v) is 5.09. The van der Waals surface area contributed by atoms with Crippen molar-refractivity contribution in [2.24, 2.45) is 0 Å². The van der Waals surface area contributed by atoms with E-state index in [1.807, 2.05) is 0 Å². The molecule has 1 aromatic rings. The van der Waals surface area contributed by atoms with Crippen LogP contribution in [-0.2, 0) is 0 Å². The Morgan fingerprint density at radius 3 is 2.00 bits per heavy atom. The van der Waals surface area contributed by atoms with Gasteiger partial charge in [0.2, 0.25) is 0 Å². The number of aromatic carboxylic acids is 2. The van der Waals surface area contributed by atoms with Crippen LogP contribution in [0.1, 0.15) is 20.7 Å². The Labute approximate surface area is 101 Å². The van der Waals surface area contributed by atoms with Crippen LogP contribution in [-0.4, -0.2) is 39.4 Å². The van der Waals surface area contributed by atoms with Crippen LogP contribution in [0.5, 0.6) is 0 Å². The average molecular weight is 260 g/mol. The molecule has 1 rings (SSSR count). The van der Waals surface area contributed by atoms with Gasteiger partial charge in [-0.25, -0.2) is 9.59 Å². The van der Waals surface area contributed by atoms with Crippen molar-refractivity contribution in [3.8, 4) is 0 Å². The van der Waals surface area contributed by atoms with E-state index in [9.17, 15) is 14.7 Å². The summed E-state index contributed by atoms with van der Waals surface area (Å²) in [4.78, 5) is 21.5. The monoisotopic (exact) mass is 259 g/mol. The maximum absolute atomic E-state index is 10.8.